The Balaban J connectivity index is 2.01. The Kier molecular flexibility index (Phi) is 4.38. The summed E-state index contributed by atoms with van der Waals surface area (Å²) in [5, 5.41) is 5.53. The van der Waals surface area contributed by atoms with Crippen LogP contribution in [0.25, 0.3) is 0 Å². The van der Waals surface area contributed by atoms with Crippen LogP contribution in [0, 0.1) is 6.92 Å². The minimum Gasteiger partial charge on any atom is -0.318 e. The average Bonchev–Trinajstić information content (AvgIpc) is 2.44. The summed E-state index contributed by atoms with van der Waals surface area (Å²) in [6.07, 6.45) is 0. The van der Waals surface area contributed by atoms with Gasteiger partial charge in [-0.3, -0.25) is 9.59 Å². The zero-order valence-corrected chi connectivity index (χ0v) is 11.6. The van der Waals surface area contributed by atoms with Gasteiger partial charge in [-0.25, -0.2) is 0 Å². The van der Waals surface area contributed by atoms with E-state index >= 15 is 0 Å². The summed E-state index contributed by atoms with van der Waals surface area (Å²) in [5.41, 5.74) is 1.95. The van der Waals surface area contributed by atoms with Crippen molar-refractivity contribution in [3.05, 3.63) is 59.1 Å². The van der Waals surface area contributed by atoms with E-state index in [2.05, 4.69) is 10.6 Å². The lowest BCUT2D eigenvalue weighted by Crippen LogP contribution is -2.29. The number of benzene rings is 2. The van der Waals surface area contributed by atoms with Crippen LogP contribution in [0.4, 0.5) is 11.4 Å². The number of halogens is 1. The van der Waals surface area contributed by atoms with Crippen molar-refractivity contribution in [2.45, 2.75) is 6.92 Å². The largest absolute Gasteiger partial charge is 0.318 e. The highest BCUT2D eigenvalue weighted by atomic mass is 35.5. The maximum atomic E-state index is 11.7. The third-order valence-electron chi connectivity index (χ3n) is 2.67. The molecule has 2 N–H and O–H groups in total. The molecule has 102 valence electrons. The van der Waals surface area contributed by atoms with Crippen LogP contribution >= 0.6 is 11.6 Å². The Bertz CT molecular complexity index is 642. The van der Waals surface area contributed by atoms with Crippen LogP contribution in [-0.4, -0.2) is 11.8 Å². The molecule has 0 saturated carbocycles. The Morgan fingerprint density at radius 3 is 2.10 bits per heavy atom. The van der Waals surface area contributed by atoms with Crippen molar-refractivity contribution in [3.63, 3.8) is 0 Å². The predicted octanol–water partition coefficient (Wildman–Crippen LogP) is 3.23. The number of hydrogen-bond acceptors (Lipinski definition) is 2. The smallest absolute Gasteiger partial charge is 0.314 e. The van der Waals surface area contributed by atoms with E-state index in [9.17, 15) is 9.59 Å². The maximum Gasteiger partial charge on any atom is 0.314 e. The van der Waals surface area contributed by atoms with Gasteiger partial charge in [0.15, 0.2) is 0 Å². The van der Waals surface area contributed by atoms with Gasteiger partial charge >= 0.3 is 11.8 Å². The Morgan fingerprint density at radius 2 is 1.50 bits per heavy atom. The molecular formula is C15H13ClN2O2. The molecule has 20 heavy (non-hydrogen) atoms. The number of para-hydroxylation sites is 1. The number of aryl methyl sites for hydroxylation is 1. The Morgan fingerprint density at radius 1 is 0.900 bits per heavy atom. The van der Waals surface area contributed by atoms with Crippen molar-refractivity contribution in [3.8, 4) is 0 Å². The fraction of sp³-hybridized carbons (Fsp3) is 0.0667. The Labute approximate surface area is 121 Å². The molecule has 0 atom stereocenters. The number of amides is 2. The first-order chi connectivity index (χ1) is 9.56. The first-order valence-corrected chi connectivity index (χ1v) is 6.37. The van der Waals surface area contributed by atoms with Gasteiger partial charge in [0.1, 0.15) is 0 Å². The highest BCUT2D eigenvalue weighted by Gasteiger charge is 2.14. The van der Waals surface area contributed by atoms with Crippen molar-refractivity contribution >= 4 is 34.8 Å². The topological polar surface area (TPSA) is 58.2 Å². The van der Waals surface area contributed by atoms with Crippen LogP contribution in [0.15, 0.2) is 48.5 Å². The van der Waals surface area contributed by atoms with Crippen LogP contribution in [0.2, 0.25) is 5.02 Å². The summed E-state index contributed by atoms with van der Waals surface area (Å²) >= 11 is 5.95. The van der Waals surface area contributed by atoms with Crippen LogP contribution in [0.3, 0.4) is 0 Å². The number of carbonyl (C=O) groups is 2. The zero-order valence-electron chi connectivity index (χ0n) is 10.8. The third-order valence-corrected chi connectivity index (χ3v) is 3.07. The second kappa shape index (κ2) is 6.21. The normalized spacial score (nSPS) is 9.90. The lowest BCUT2D eigenvalue weighted by Gasteiger charge is -2.07. The second-order valence-corrected chi connectivity index (χ2v) is 4.65. The van der Waals surface area contributed by atoms with Crippen molar-refractivity contribution in [1.82, 2.24) is 0 Å². The van der Waals surface area contributed by atoms with Gasteiger partial charge in [0.05, 0.1) is 0 Å². The summed E-state index contributed by atoms with van der Waals surface area (Å²) in [7, 11) is 0. The molecule has 5 heteroatoms. The SMILES string of the molecule is Cc1ccc(NC(=O)C(=O)Nc2ccccc2)cc1Cl. The second-order valence-electron chi connectivity index (χ2n) is 4.24. The van der Waals surface area contributed by atoms with E-state index in [-0.39, 0.29) is 0 Å². The molecule has 0 aliphatic heterocycles. The molecule has 0 heterocycles. The molecular weight excluding hydrogens is 276 g/mol. The van der Waals surface area contributed by atoms with E-state index in [1.54, 1.807) is 42.5 Å². The molecule has 0 aromatic heterocycles. The van der Waals surface area contributed by atoms with Crippen LogP contribution in [0.5, 0.6) is 0 Å². The molecule has 0 unspecified atom stereocenters. The Hall–Kier alpha value is -2.33. The standard InChI is InChI=1S/C15H13ClN2O2/c1-10-7-8-12(9-13(10)16)18-15(20)14(19)17-11-5-3-2-4-6-11/h2-9H,1H3,(H,17,19)(H,18,20). The molecule has 2 aromatic carbocycles. The van der Waals surface area contributed by atoms with E-state index < -0.39 is 11.8 Å². The summed E-state index contributed by atoms with van der Waals surface area (Å²) in [4.78, 5) is 23.5. The van der Waals surface area contributed by atoms with E-state index in [0.717, 1.165) is 5.56 Å². The van der Waals surface area contributed by atoms with Crippen LogP contribution < -0.4 is 10.6 Å². The van der Waals surface area contributed by atoms with Crippen molar-refractivity contribution < 1.29 is 9.59 Å². The third kappa shape index (κ3) is 3.59. The van der Waals surface area contributed by atoms with Gasteiger partial charge < -0.3 is 10.6 Å². The number of carbonyl (C=O) groups excluding carboxylic acids is 2. The first-order valence-electron chi connectivity index (χ1n) is 6.00. The molecule has 2 amide bonds. The minimum atomic E-state index is -0.742. The minimum absolute atomic E-state index is 0.480. The molecule has 0 fully saturated rings. The molecule has 0 aliphatic rings. The van der Waals surface area contributed by atoms with Crippen molar-refractivity contribution in [2.24, 2.45) is 0 Å². The quantitative estimate of drug-likeness (QED) is 0.834. The lowest BCUT2D eigenvalue weighted by atomic mass is 10.2. The summed E-state index contributed by atoms with van der Waals surface area (Å²) in [5.74, 6) is -1.47. The van der Waals surface area contributed by atoms with Gasteiger partial charge in [-0.1, -0.05) is 35.9 Å². The van der Waals surface area contributed by atoms with Crippen molar-refractivity contribution in [2.75, 3.05) is 10.6 Å². The molecule has 0 spiro atoms. The fourth-order valence-electron chi connectivity index (χ4n) is 1.57. The highest BCUT2D eigenvalue weighted by Crippen LogP contribution is 2.19. The maximum absolute atomic E-state index is 11.7. The summed E-state index contributed by atoms with van der Waals surface area (Å²) < 4.78 is 0. The molecule has 2 aromatic rings. The van der Waals surface area contributed by atoms with Crippen LogP contribution in [-0.2, 0) is 9.59 Å². The molecule has 0 aliphatic carbocycles. The van der Waals surface area contributed by atoms with E-state index in [0.29, 0.717) is 16.4 Å². The number of hydrogen-bond donors (Lipinski definition) is 2. The first kappa shape index (κ1) is 14.1. The van der Waals surface area contributed by atoms with E-state index in [1.807, 2.05) is 13.0 Å². The van der Waals surface area contributed by atoms with Gasteiger partial charge in [0.25, 0.3) is 0 Å². The molecule has 0 radical (unpaired) electrons. The van der Waals surface area contributed by atoms with Gasteiger partial charge in [-0.15, -0.1) is 0 Å². The van der Waals surface area contributed by atoms with Gasteiger partial charge in [0.2, 0.25) is 0 Å². The lowest BCUT2D eigenvalue weighted by molar-refractivity contribution is -0.132. The number of rotatable bonds is 2. The molecule has 4 nitrogen and oxygen atoms in total. The molecule has 0 bridgehead atoms. The molecule has 2 rings (SSSR count). The fourth-order valence-corrected chi connectivity index (χ4v) is 1.75. The monoisotopic (exact) mass is 288 g/mol. The zero-order chi connectivity index (χ0) is 14.5. The molecule has 0 saturated heterocycles. The number of nitrogens with one attached hydrogen (secondary N) is 2. The van der Waals surface area contributed by atoms with Gasteiger partial charge in [-0.2, -0.15) is 0 Å². The van der Waals surface area contributed by atoms with E-state index in [1.165, 1.54) is 0 Å². The van der Waals surface area contributed by atoms with Gasteiger partial charge in [0, 0.05) is 16.4 Å². The predicted molar refractivity (Wildman–Crippen MR) is 79.9 cm³/mol. The highest BCUT2D eigenvalue weighted by molar-refractivity contribution is 6.43. The van der Waals surface area contributed by atoms with Crippen molar-refractivity contribution in [1.29, 1.82) is 0 Å². The average molecular weight is 289 g/mol. The van der Waals surface area contributed by atoms with Gasteiger partial charge in [-0.05, 0) is 36.8 Å². The number of anilines is 2. The summed E-state index contributed by atoms with van der Waals surface area (Å²) in [6.45, 7) is 1.86. The van der Waals surface area contributed by atoms with Crippen LogP contribution in [0.1, 0.15) is 5.56 Å². The van der Waals surface area contributed by atoms with E-state index in [4.69, 9.17) is 11.6 Å². The summed E-state index contributed by atoms with van der Waals surface area (Å²) in [6, 6.07) is 13.8.